The summed E-state index contributed by atoms with van der Waals surface area (Å²) in [6.45, 7) is 6.76. The molecular formula is C14H25NS. The van der Waals surface area contributed by atoms with E-state index in [1.807, 2.05) is 11.3 Å². The molecule has 0 saturated heterocycles. The number of rotatable bonds is 7. The van der Waals surface area contributed by atoms with Crippen molar-refractivity contribution in [2.75, 3.05) is 7.05 Å². The van der Waals surface area contributed by atoms with Gasteiger partial charge >= 0.3 is 0 Å². The van der Waals surface area contributed by atoms with E-state index in [0.29, 0.717) is 6.04 Å². The molecule has 16 heavy (non-hydrogen) atoms. The number of hydrogen-bond donors (Lipinski definition) is 1. The minimum atomic E-state index is 0.554. The summed E-state index contributed by atoms with van der Waals surface area (Å²) >= 11 is 1.94. The van der Waals surface area contributed by atoms with Gasteiger partial charge in [0.05, 0.1) is 0 Å². The quantitative estimate of drug-likeness (QED) is 0.737. The average Bonchev–Trinajstić information content (AvgIpc) is 2.67. The van der Waals surface area contributed by atoms with Crippen LogP contribution in [0.4, 0.5) is 0 Å². The zero-order chi connectivity index (χ0) is 12.0. The maximum absolute atomic E-state index is 3.51. The Morgan fingerprint density at radius 1 is 1.19 bits per heavy atom. The van der Waals surface area contributed by atoms with Crippen LogP contribution in [-0.4, -0.2) is 7.05 Å². The van der Waals surface area contributed by atoms with E-state index in [1.54, 1.807) is 0 Å². The van der Waals surface area contributed by atoms with Crippen LogP contribution in [-0.2, 0) is 0 Å². The topological polar surface area (TPSA) is 12.0 Å². The van der Waals surface area contributed by atoms with Gasteiger partial charge in [-0.3, -0.25) is 0 Å². The number of thiophene rings is 1. The SMILES string of the molecule is CCCC(CCC)C(NC)c1ccc(C)s1. The Labute approximate surface area is 104 Å². The molecule has 0 saturated carbocycles. The third kappa shape index (κ3) is 3.60. The summed E-state index contributed by atoms with van der Waals surface area (Å²) in [5.41, 5.74) is 0. The van der Waals surface area contributed by atoms with E-state index in [0.717, 1.165) is 5.92 Å². The lowest BCUT2D eigenvalue weighted by Crippen LogP contribution is -2.24. The van der Waals surface area contributed by atoms with Crippen LogP contribution in [0.15, 0.2) is 12.1 Å². The molecule has 1 aromatic rings. The number of aryl methyl sites for hydroxylation is 1. The van der Waals surface area contributed by atoms with E-state index in [9.17, 15) is 0 Å². The highest BCUT2D eigenvalue weighted by Crippen LogP contribution is 2.33. The van der Waals surface area contributed by atoms with E-state index in [2.05, 4.69) is 45.3 Å². The Morgan fingerprint density at radius 3 is 2.19 bits per heavy atom. The van der Waals surface area contributed by atoms with Gasteiger partial charge in [-0.2, -0.15) is 0 Å². The van der Waals surface area contributed by atoms with Gasteiger partial charge in [-0.15, -0.1) is 11.3 Å². The van der Waals surface area contributed by atoms with Crippen molar-refractivity contribution < 1.29 is 0 Å². The average molecular weight is 239 g/mol. The van der Waals surface area contributed by atoms with Crippen LogP contribution >= 0.6 is 11.3 Å². The first kappa shape index (κ1) is 13.7. The number of nitrogens with one attached hydrogen (secondary N) is 1. The monoisotopic (exact) mass is 239 g/mol. The van der Waals surface area contributed by atoms with Crippen molar-refractivity contribution in [2.24, 2.45) is 5.92 Å². The molecule has 2 heteroatoms. The van der Waals surface area contributed by atoms with E-state index < -0.39 is 0 Å². The van der Waals surface area contributed by atoms with Gasteiger partial charge < -0.3 is 5.32 Å². The van der Waals surface area contributed by atoms with E-state index in [4.69, 9.17) is 0 Å². The molecule has 0 bridgehead atoms. The molecule has 1 aromatic heterocycles. The first-order valence-electron chi connectivity index (χ1n) is 6.46. The Bertz CT molecular complexity index is 287. The zero-order valence-electron chi connectivity index (χ0n) is 11.0. The summed E-state index contributed by atoms with van der Waals surface area (Å²) in [4.78, 5) is 2.92. The molecule has 92 valence electrons. The normalized spacial score (nSPS) is 13.3. The fourth-order valence-electron chi connectivity index (χ4n) is 2.45. The first-order chi connectivity index (χ1) is 7.72. The van der Waals surface area contributed by atoms with Gasteiger partial charge in [0.15, 0.2) is 0 Å². The molecule has 1 unspecified atom stereocenters. The molecule has 0 spiro atoms. The molecule has 1 N–H and O–H groups in total. The van der Waals surface area contributed by atoms with Gasteiger partial charge in [-0.05, 0) is 44.9 Å². The third-order valence-corrected chi connectivity index (χ3v) is 4.25. The second-order valence-corrected chi connectivity index (χ2v) is 5.87. The highest BCUT2D eigenvalue weighted by Gasteiger charge is 2.21. The van der Waals surface area contributed by atoms with Crippen LogP contribution in [0.1, 0.15) is 55.3 Å². The van der Waals surface area contributed by atoms with Crippen LogP contribution in [0.25, 0.3) is 0 Å². The second-order valence-electron chi connectivity index (χ2n) is 4.55. The maximum atomic E-state index is 3.51. The predicted octanol–water partition coefficient (Wildman–Crippen LogP) is 4.53. The van der Waals surface area contributed by atoms with Crippen molar-refractivity contribution in [1.29, 1.82) is 0 Å². The smallest absolute Gasteiger partial charge is 0.0441 e. The zero-order valence-corrected chi connectivity index (χ0v) is 11.9. The summed E-state index contributed by atoms with van der Waals surface area (Å²) in [5, 5.41) is 3.51. The van der Waals surface area contributed by atoms with Crippen molar-refractivity contribution in [3.63, 3.8) is 0 Å². The molecule has 0 aliphatic heterocycles. The van der Waals surface area contributed by atoms with Crippen LogP contribution in [0.3, 0.4) is 0 Å². The van der Waals surface area contributed by atoms with Gasteiger partial charge in [0.25, 0.3) is 0 Å². The highest BCUT2D eigenvalue weighted by molar-refractivity contribution is 7.12. The largest absolute Gasteiger partial charge is 0.312 e. The van der Waals surface area contributed by atoms with Crippen LogP contribution < -0.4 is 5.32 Å². The van der Waals surface area contributed by atoms with Gasteiger partial charge in [0.2, 0.25) is 0 Å². The minimum Gasteiger partial charge on any atom is -0.312 e. The second kappa shape index (κ2) is 7.08. The lowest BCUT2D eigenvalue weighted by Gasteiger charge is -2.25. The molecular weight excluding hydrogens is 214 g/mol. The fraction of sp³-hybridized carbons (Fsp3) is 0.714. The molecule has 1 atom stereocenters. The predicted molar refractivity (Wildman–Crippen MR) is 74.2 cm³/mol. The van der Waals surface area contributed by atoms with Gasteiger partial charge in [-0.1, -0.05) is 26.7 Å². The Morgan fingerprint density at radius 2 is 1.81 bits per heavy atom. The molecule has 0 radical (unpaired) electrons. The fourth-order valence-corrected chi connectivity index (χ4v) is 3.53. The molecule has 0 aromatic carbocycles. The molecule has 1 nitrogen and oxygen atoms in total. The lowest BCUT2D eigenvalue weighted by atomic mass is 9.89. The minimum absolute atomic E-state index is 0.554. The van der Waals surface area contributed by atoms with Crippen molar-refractivity contribution >= 4 is 11.3 Å². The summed E-state index contributed by atoms with van der Waals surface area (Å²) in [6, 6.07) is 5.08. The Kier molecular flexibility index (Phi) is 6.07. The van der Waals surface area contributed by atoms with Crippen molar-refractivity contribution in [3.05, 3.63) is 21.9 Å². The van der Waals surface area contributed by atoms with Crippen molar-refractivity contribution in [2.45, 2.75) is 52.5 Å². The Hall–Kier alpha value is -0.340. The van der Waals surface area contributed by atoms with Crippen molar-refractivity contribution in [1.82, 2.24) is 5.32 Å². The molecule has 0 aliphatic rings. The molecule has 1 heterocycles. The molecule has 0 fully saturated rings. The first-order valence-corrected chi connectivity index (χ1v) is 7.28. The Balaban J connectivity index is 2.76. The standard InChI is InChI=1S/C14H25NS/c1-5-7-12(8-6-2)14(15-4)13-10-9-11(3)16-13/h9-10,12,14-15H,5-8H2,1-4H3. The number of hydrogen-bond acceptors (Lipinski definition) is 2. The third-order valence-electron chi connectivity index (χ3n) is 3.17. The van der Waals surface area contributed by atoms with E-state index in [-0.39, 0.29) is 0 Å². The van der Waals surface area contributed by atoms with Crippen LogP contribution in [0.5, 0.6) is 0 Å². The van der Waals surface area contributed by atoms with E-state index >= 15 is 0 Å². The summed E-state index contributed by atoms with van der Waals surface area (Å²) in [5.74, 6) is 0.790. The summed E-state index contributed by atoms with van der Waals surface area (Å²) in [6.07, 6.45) is 5.23. The lowest BCUT2D eigenvalue weighted by molar-refractivity contribution is 0.335. The van der Waals surface area contributed by atoms with Crippen molar-refractivity contribution in [3.8, 4) is 0 Å². The maximum Gasteiger partial charge on any atom is 0.0441 e. The van der Waals surface area contributed by atoms with E-state index in [1.165, 1.54) is 35.4 Å². The van der Waals surface area contributed by atoms with Gasteiger partial charge in [-0.25, -0.2) is 0 Å². The summed E-state index contributed by atoms with van der Waals surface area (Å²) in [7, 11) is 2.10. The van der Waals surface area contributed by atoms with Crippen LogP contribution in [0.2, 0.25) is 0 Å². The highest BCUT2D eigenvalue weighted by atomic mass is 32.1. The molecule has 1 rings (SSSR count). The van der Waals surface area contributed by atoms with Gasteiger partial charge in [0.1, 0.15) is 0 Å². The van der Waals surface area contributed by atoms with Crippen LogP contribution in [0, 0.1) is 12.8 Å². The van der Waals surface area contributed by atoms with Gasteiger partial charge in [0, 0.05) is 15.8 Å². The molecule has 0 amide bonds. The molecule has 0 aliphatic carbocycles. The summed E-state index contributed by atoms with van der Waals surface area (Å²) < 4.78 is 0.